The molecule has 0 saturated heterocycles. The molecule has 8 nitrogen and oxygen atoms in total. The van der Waals surface area contributed by atoms with Gasteiger partial charge in [0.15, 0.2) is 0 Å². The van der Waals surface area contributed by atoms with E-state index in [1.807, 2.05) is 60.7 Å². The van der Waals surface area contributed by atoms with Crippen LogP contribution in [0.25, 0.3) is 5.69 Å². The third kappa shape index (κ3) is 4.07. The van der Waals surface area contributed by atoms with E-state index in [0.29, 0.717) is 5.69 Å². The molecule has 1 atom stereocenters. The summed E-state index contributed by atoms with van der Waals surface area (Å²) in [7, 11) is 0. The number of para-hydroxylation sites is 2. The average molecular weight is 403 g/mol. The Kier molecular flexibility index (Phi) is 5.56. The lowest BCUT2D eigenvalue weighted by Crippen LogP contribution is -2.38. The second-order valence-corrected chi connectivity index (χ2v) is 6.67. The first kappa shape index (κ1) is 19.4. The number of nitrogens with one attached hydrogen (secondary N) is 1. The van der Waals surface area contributed by atoms with Crippen LogP contribution in [0.15, 0.2) is 78.2 Å². The number of esters is 1. The normalized spacial score (nSPS) is 15.6. The van der Waals surface area contributed by atoms with Crippen LogP contribution in [0.3, 0.4) is 0 Å². The number of hydrogen-bond donors (Lipinski definition) is 1. The molecule has 0 aliphatic carbocycles. The van der Waals surface area contributed by atoms with Gasteiger partial charge in [-0.25, -0.2) is 9.48 Å². The number of carbonyl (C=O) groups is 2. The van der Waals surface area contributed by atoms with Gasteiger partial charge < -0.3 is 10.1 Å². The number of aromatic nitrogens is 2. The standard InChI is InChI=1S/C22H21N5O3/c1-2-30-22(29)19-13-20(27(25-19)18-11-7-4-8-12-18)21(28)24-16-14-23-26(15-16)17-9-5-3-6-10-17/h3-12,14-15,20H,2,13H2,1H3,(H,24,28). The molecule has 4 rings (SSSR count). The number of hydrazone groups is 1. The fourth-order valence-electron chi connectivity index (χ4n) is 3.21. The SMILES string of the molecule is CCOC(=O)C1=NN(c2ccccc2)C(C(=O)Nc2cnn(-c3ccccc3)c2)C1. The lowest BCUT2D eigenvalue weighted by Gasteiger charge is -2.22. The van der Waals surface area contributed by atoms with Crippen molar-refractivity contribution < 1.29 is 14.3 Å². The number of nitrogens with zero attached hydrogens (tertiary/aromatic N) is 4. The summed E-state index contributed by atoms with van der Waals surface area (Å²) in [6.45, 7) is 1.98. The number of benzene rings is 2. The quantitative estimate of drug-likeness (QED) is 0.639. The molecule has 0 spiro atoms. The predicted octanol–water partition coefficient (Wildman–Crippen LogP) is 3.01. The Morgan fingerprint density at radius 2 is 1.73 bits per heavy atom. The van der Waals surface area contributed by atoms with Crippen molar-refractivity contribution in [1.29, 1.82) is 0 Å². The van der Waals surface area contributed by atoms with Crippen LogP contribution in [0.2, 0.25) is 0 Å². The molecule has 8 heteroatoms. The highest BCUT2D eigenvalue weighted by atomic mass is 16.5. The number of rotatable bonds is 6. The van der Waals surface area contributed by atoms with Crippen LogP contribution in [0.1, 0.15) is 13.3 Å². The molecule has 0 radical (unpaired) electrons. The van der Waals surface area contributed by atoms with Crippen molar-refractivity contribution in [3.63, 3.8) is 0 Å². The van der Waals surface area contributed by atoms with Crippen LogP contribution in [0.4, 0.5) is 11.4 Å². The van der Waals surface area contributed by atoms with Crippen molar-refractivity contribution in [3.05, 3.63) is 73.1 Å². The Hall–Kier alpha value is -3.94. The van der Waals surface area contributed by atoms with Gasteiger partial charge >= 0.3 is 5.97 Å². The Morgan fingerprint density at radius 3 is 2.40 bits per heavy atom. The average Bonchev–Trinajstić information content (AvgIpc) is 3.43. The molecule has 1 N–H and O–H groups in total. The lowest BCUT2D eigenvalue weighted by atomic mass is 10.1. The Morgan fingerprint density at radius 1 is 1.07 bits per heavy atom. The molecule has 152 valence electrons. The van der Waals surface area contributed by atoms with E-state index in [4.69, 9.17) is 4.74 Å². The summed E-state index contributed by atoms with van der Waals surface area (Å²) in [6.07, 6.45) is 3.48. The highest BCUT2D eigenvalue weighted by Gasteiger charge is 2.37. The predicted molar refractivity (Wildman–Crippen MR) is 114 cm³/mol. The Balaban J connectivity index is 1.53. The van der Waals surface area contributed by atoms with E-state index in [-0.39, 0.29) is 24.6 Å². The fraction of sp³-hybridized carbons (Fsp3) is 0.182. The van der Waals surface area contributed by atoms with Crippen LogP contribution >= 0.6 is 0 Å². The molecule has 0 bridgehead atoms. The maximum absolute atomic E-state index is 13.1. The molecular formula is C22H21N5O3. The number of ether oxygens (including phenoxy) is 1. The fourth-order valence-corrected chi connectivity index (χ4v) is 3.21. The van der Waals surface area contributed by atoms with E-state index in [9.17, 15) is 9.59 Å². The highest BCUT2D eigenvalue weighted by Crippen LogP contribution is 2.26. The van der Waals surface area contributed by atoms with Gasteiger partial charge in [0.25, 0.3) is 0 Å². The summed E-state index contributed by atoms with van der Waals surface area (Å²) in [5.41, 5.74) is 2.39. The molecule has 1 aliphatic heterocycles. The van der Waals surface area contributed by atoms with Gasteiger partial charge in [-0.2, -0.15) is 10.2 Å². The topological polar surface area (TPSA) is 88.8 Å². The van der Waals surface area contributed by atoms with E-state index in [2.05, 4.69) is 15.5 Å². The Bertz CT molecular complexity index is 1060. The first-order chi connectivity index (χ1) is 14.7. The summed E-state index contributed by atoms with van der Waals surface area (Å²) < 4.78 is 6.75. The Labute approximate surface area is 173 Å². The summed E-state index contributed by atoms with van der Waals surface area (Å²) in [4.78, 5) is 25.2. The third-order valence-corrected chi connectivity index (χ3v) is 4.62. The first-order valence-corrected chi connectivity index (χ1v) is 9.65. The van der Waals surface area contributed by atoms with Gasteiger partial charge in [-0.3, -0.25) is 9.80 Å². The minimum Gasteiger partial charge on any atom is -0.461 e. The molecule has 0 fully saturated rings. The van der Waals surface area contributed by atoms with Crippen molar-refractivity contribution >= 4 is 29.0 Å². The van der Waals surface area contributed by atoms with Crippen LogP contribution < -0.4 is 10.3 Å². The molecule has 3 aromatic rings. The van der Waals surface area contributed by atoms with Gasteiger partial charge in [0.1, 0.15) is 11.8 Å². The van der Waals surface area contributed by atoms with Gasteiger partial charge in [0.2, 0.25) is 5.91 Å². The maximum Gasteiger partial charge on any atom is 0.354 e. The highest BCUT2D eigenvalue weighted by molar-refractivity contribution is 6.38. The molecule has 2 heterocycles. The van der Waals surface area contributed by atoms with Crippen molar-refractivity contribution in [1.82, 2.24) is 9.78 Å². The molecule has 1 amide bonds. The minimum atomic E-state index is -0.674. The summed E-state index contributed by atoms with van der Waals surface area (Å²) >= 11 is 0. The van der Waals surface area contributed by atoms with Crippen LogP contribution in [-0.4, -0.2) is 40.0 Å². The summed E-state index contributed by atoms with van der Waals surface area (Å²) in [6, 6.07) is 18.2. The molecule has 2 aromatic carbocycles. The number of anilines is 2. The zero-order valence-electron chi connectivity index (χ0n) is 16.4. The van der Waals surface area contributed by atoms with Gasteiger partial charge in [0, 0.05) is 6.42 Å². The zero-order valence-corrected chi connectivity index (χ0v) is 16.4. The number of carbonyl (C=O) groups excluding carboxylic acids is 2. The van der Waals surface area contributed by atoms with Crippen molar-refractivity contribution in [2.24, 2.45) is 5.10 Å². The maximum atomic E-state index is 13.1. The second kappa shape index (κ2) is 8.60. The summed E-state index contributed by atoms with van der Waals surface area (Å²) in [5, 5.41) is 13.1. The second-order valence-electron chi connectivity index (χ2n) is 6.67. The molecular weight excluding hydrogens is 382 g/mol. The van der Waals surface area contributed by atoms with Gasteiger partial charge in [-0.15, -0.1) is 0 Å². The number of hydrogen-bond acceptors (Lipinski definition) is 6. The molecule has 1 aliphatic rings. The third-order valence-electron chi connectivity index (χ3n) is 4.62. The van der Waals surface area contributed by atoms with E-state index < -0.39 is 12.0 Å². The van der Waals surface area contributed by atoms with Gasteiger partial charge in [-0.05, 0) is 31.2 Å². The number of amides is 1. The van der Waals surface area contributed by atoms with Crippen LogP contribution in [0.5, 0.6) is 0 Å². The minimum absolute atomic E-state index is 0.159. The molecule has 30 heavy (non-hydrogen) atoms. The van der Waals surface area contributed by atoms with E-state index >= 15 is 0 Å². The van der Waals surface area contributed by atoms with Crippen molar-refractivity contribution in [2.45, 2.75) is 19.4 Å². The smallest absolute Gasteiger partial charge is 0.354 e. The van der Waals surface area contributed by atoms with E-state index in [0.717, 1.165) is 11.4 Å². The van der Waals surface area contributed by atoms with Crippen molar-refractivity contribution in [2.75, 3.05) is 16.9 Å². The van der Waals surface area contributed by atoms with Gasteiger partial charge in [-0.1, -0.05) is 36.4 Å². The van der Waals surface area contributed by atoms with E-state index in [1.54, 1.807) is 29.0 Å². The summed E-state index contributed by atoms with van der Waals surface area (Å²) in [5.74, 6) is -0.792. The monoisotopic (exact) mass is 403 g/mol. The molecule has 1 unspecified atom stereocenters. The van der Waals surface area contributed by atoms with E-state index in [1.165, 1.54) is 0 Å². The molecule has 0 saturated carbocycles. The lowest BCUT2D eigenvalue weighted by molar-refractivity contribution is -0.135. The van der Waals surface area contributed by atoms with Gasteiger partial charge in [0.05, 0.1) is 36.1 Å². The zero-order chi connectivity index (χ0) is 20.9. The van der Waals surface area contributed by atoms with Crippen molar-refractivity contribution in [3.8, 4) is 5.69 Å². The largest absolute Gasteiger partial charge is 0.461 e. The first-order valence-electron chi connectivity index (χ1n) is 9.65. The van der Waals surface area contributed by atoms with Crippen LogP contribution in [0, 0.1) is 0 Å². The van der Waals surface area contributed by atoms with Crippen LogP contribution in [-0.2, 0) is 14.3 Å². The molecule has 1 aromatic heterocycles.